The van der Waals surface area contributed by atoms with Crippen LogP contribution in [0.3, 0.4) is 0 Å². The van der Waals surface area contributed by atoms with E-state index in [1.807, 2.05) is 0 Å². The fraction of sp³-hybridized carbons (Fsp3) is 0.571. The Labute approximate surface area is 106 Å². The number of hydrogen-bond acceptors (Lipinski definition) is 2. The van der Waals surface area contributed by atoms with Crippen molar-refractivity contribution in [2.24, 2.45) is 5.92 Å². The molecular formula is C14H18F2O2. The van der Waals surface area contributed by atoms with Crippen molar-refractivity contribution in [3.63, 3.8) is 0 Å². The predicted octanol–water partition coefficient (Wildman–Crippen LogP) is 3.28. The topological polar surface area (TPSA) is 29.5 Å². The summed E-state index contributed by atoms with van der Waals surface area (Å²) in [4.78, 5) is 0. The normalized spacial score (nSPS) is 18.6. The Morgan fingerprint density at radius 1 is 1.22 bits per heavy atom. The molecule has 2 nitrogen and oxygen atoms in total. The van der Waals surface area contributed by atoms with Gasteiger partial charge in [-0.2, -0.15) is 0 Å². The lowest BCUT2D eigenvalue weighted by Gasteiger charge is -2.26. The first-order chi connectivity index (χ1) is 8.66. The Kier molecular flexibility index (Phi) is 4.53. The Morgan fingerprint density at radius 2 is 1.94 bits per heavy atom. The highest BCUT2D eigenvalue weighted by atomic mass is 19.1. The summed E-state index contributed by atoms with van der Waals surface area (Å²) >= 11 is 0. The van der Waals surface area contributed by atoms with Crippen molar-refractivity contribution in [2.75, 3.05) is 6.61 Å². The van der Waals surface area contributed by atoms with Crippen molar-refractivity contribution >= 4 is 0 Å². The number of halogens is 2. The Balaban J connectivity index is 1.86. The monoisotopic (exact) mass is 256 g/mol. The molecule has 0 aliphatic heterocycles. The zero-order valence-corrected chi connectivity index (χ0v) is 10.2. The van der Waals surface area contributed by atoms with Gasteiger partial charge in [-0.05, 0) is 30.9 Å². The van der Waals surface area contributed by atoms with E-state index in [4.69, 9.17) is 4.74 Å². The molecule has 4 heteroatoms. The molecule has 1 atom stereocenters. The second-order valence-corrected chi connectivity index (χ2v) is 4.85. The summed E-state index contributed by atoms with van der Waals surface area (Å²) in [6.45, 7) is 0.0627. The number of aliphatic hydroxyl groups is 1. The molecule has 1 unspecified atom stereocenters. The first-order valence-corrected chi connectivity index (χ1v) is 6.43. The van der Waals surface area contributed by atoms with Crippen LogP contribution >= 0.6 is 0 Å². The lowest BCUT2D eigenvalue weighted by molar-refractivity contribution is 0.0401. The summed E-state index contributed by atoms with van der Waals surface area (Å²) in [5.41, 5.74) is 0. The molecule has 0 aromatic heterocycles. The average Bonchev–Trinajstić information content (AvgIpc) is 2.38. The molecular weight excluding hydrogens is 238 g/mol. The first kappa shape index (κ1) is 13.3. The lowest BCUT2D eigenvalue weighted by atomic mass is 9.85. The molecule has 0 bridgehead atoms. The van der Waals surface area contributed by atoms with Crippen molar-refractivity contribution in [2.45, 2.75) is 38.2 Å². The molecule has 0 saturated heterocycles. The molecule has 1 saturated carbocycles. The number of hydrogen-bond donors (Lipinski definition) is 1. The lowest BCUT2D eigenvalue weighted by Crippen LogP contribution is -2.29. The van der Waals surface area contributed by atoms with Crippen molar-refractivity contribution in [3.05, 3.63) is 29.8 Å². The summed E-state index contributed by atoms with van der Waals surface area (Å²) in [5, 5.41) is 9.96. The minimum atomic E-state index is -0.731. The Hall–Kier alpha value is -1.16. The molecule has 100 valence electrons. The second kappa shape index (κ2) is 6.14. The molecule has 1 aromatic carbocycles. The van der Waals surface area contributed by atoms with E-state index >= 15 is 0 Å². The van der Waals surface area contributed by atoms with E-state index in [-0.39, 0.29) is 18.3 Å². The van der Waals surface area contributed by atoms with Gasteiger partial charge in [0.15, 0.2) is 11.6 Å². The van der Waals surface area contributed by atoms with Crippen molar-refractivity contribution in [3.8, 4) is 5.75 Å². The van der Waals surface area contributed by atoms with Gasteiger partial charge in [-0.25, -0.2) is 8.78 Å². The van der Waals surface area contributed by atoms with Crippen LogP contribution in [0.5, 0.6) is 5.75 Å². The van der Waals surface area contributed by atoms with Crippen LogP contribution in [0.15, 0.2) is 18.2 Å². The number of benzene rings is 1. The van der Waals surface area contributed by atoms with Gasteiger partial charge in [0.05, 0.1) is 6.10 Å². The van der Waals surface area contributed by atoms with Gasteiger partial charge in [-0.1, -0.05) is 19.3 Å². The van der Waals surface area contributed by atoms with Gasteiger partial charge < -0.3 is 9.84 Å². The van der Waals surface area contributed by atoms with Crippen LogP contribution in [-0.2, 0) is 0 Å². The van der Waals surface area contributed by atoms with Gasteiger partial charge in [-0.15, -0.1) is 0 Å². The van der Waals surface area contributed by atoms with E-state index in [9.17, 15) is 13.9 Å². The maximum Gasteiger partial charge on any atom is 0.167 e. The van der Waals surface area contributed by atoms with Crippen LogP contribution in [0.25, 0.3) is 0 Å². The molecule has 0 spiro atoms. The molecule has 2 rings (SSSR count). The average molecular weight is 256 g/mol. The Bertz CT molecular complexity index is 389. The molecule has 1 fully saturated rings. The summed E-state index contributed by atoms with van der Waals surface area (Å²) in [6, 6.07) is 3.17. The van der Waals surface area contributed by atoms with Crippen LogP contribution < -0.4 is 4.74 Å². The first-order valence-electron chi connectivity index (χ1n) is 6.43. The van der Waals surface area contributed by atoms with E-state index in [1.165, 1.54) is 12.5 Å². The van der Waals surface area contributed by atoms with Crippen molar-refractivity contribution in [1.82, 2.24) is 0 Å². The molecule has 1 aliphatic rings. The van der Waals surface area contributed by atoms with E-state index in [0.717, 1.165) is 37.8 Å². The minimum absolute atomic E-state index is 0.00809. The summed E-state index contributed by atoms with van der Waals surface area (Å²) in [5.74, 6) is -1.13. The maximum absolute atomic E-state index is 13.3. The van der Waals surface area contributed by atoms with E-state index in [1.54, 1.807) is 0 Å². The third-order valence-electron chi connectivity index (χ3n) is 3.50. The molecule has 1 aliphatic carbocycles. The largest absolute Gasteiger partial charge is 0.488 e. The molecule has 18 heavy (non-hydrogen) atoms. The van der Waals surface area contributed by atoms with Gasteiger partial charge in [0.25, 0.3) is 0 Å². The van der Waals surface area contributed by atoms with Gasteiger partial charge in [0.2, 0.25) is 0 Å². The van der Waals surface area contributed by atoms with Crippen molar-refractivity contribution < 1.29 is 18.6 Å². The van der Waals surface area contributed by atoms with Gasteiger partial charge in [0, 0.05) is 6.07 Å². The summed E-state index contributed by atoms with van der Waals surface area (Å²) < 4.78 is 31.2. The number of ether oxygens (including phenoxy) is 1. The standard InChI is InChI=1S/C14H18F2O2/c15-11-6-7-14(12(16)8-11)18-9-13(17)10-4-2-1-3-5-10/h6-8,10,13,17H,1-5,9H2. The molecule has 1 aromatic rings. The third kappa shape index (κ3) is 3.42. The van der Waals surface area contributed by atoms with Crippen LogP contribution in [0.2, 0.25) is 0 Å². The van der Waals surface area contributed by atoms with Gasteiger partial charge in [0.1, 0.15) is 12.4 Å². The van der Waals surface area contributed by atoms with E-state index < -0.39 is 17.7 Å². The van der Waals surface area contributed by atoms with Gasteiger partial charge >= 0.3 is 0 Å². The zero-order chi connectivity index (χ0) is 13.0. The fourth-order valence-corrected chi connectivity index (χ4v) is 2.42. The van der Waals surface area contributed by atoms with Crippen LogP contribution in [0.1, 0.15) is 32.1 Å². The number of rotatable bonds is 4. The fourth-order valence-electron chi connectivity index (χ4n) is 2.42. The summed E-state index contributed by atoms with van der Waals surface area (Å²) in [7, 11) is 0. The Morgan fingerprint density at radius 3 is 2.61 bits per heavy atom. The minimum Gasteiger partial charge on any atom is -0.488 e. The highest BCUT2D eigenvalue weighted by Crippen LogP contribution is 2.27. The smallest absolute Gasteiger partial charge is 0.167 e. The molecule has 0 heterocycles. The quantitative estimate of drug-likeness (QED) is 0.895. The van der Waals surface area contributed by atoms with Crippen LogP contribution in [-0.4, -0.2) is 17.8 Å². The zero-order valence-electron chi connectivity index (χ0n) is 10.2. The predicted molar refractivity (Wildman–Crippen MR) is 64.4 cm³/mol. The van der Waals surface area contributed by atoms with E-state index in [2.05, 4.69) is 0 Å². The third-order valence-corrected chi connectivity index (χ3v) is 3.50. The molecule has 0 amide bonds. The number of aliphatic hydroxyl groups excluding tert-OH is 1. The SMILES string of the molecule is OC(COc1ccc(F)cc1F)C1CCCCC1. The van der Waals surface area contributed by atoms with Crippen LogP contribution in [0, 0.1) is 17.6 Å². The second-order valence-electron chi connectivity index (χ2n) is 4.85. The van der Waals surface area contributed by atoms with Crippen LogP contribution in [0.4, 0.5) is 8.78 Å². The maximum atomic E-state index is 13.3. The van der Waals surface area contributed by atoms with Gasteiger partial charge in [-0.3, -0.25) is 0 Å². The van der Waals surface area contributed by atoms with E-state index in [0.29, 0.717) is 0 Å². The molecule has 1 N–H and O–H groups in total. The van der Waals surface area contributed by atoms with Crippen molar-refractivity contribution in [1.29, 1.82) is 0 Å². The highest BCUT2D eigenvalue weighted by Gasteiger charge is 2.22. The summed E-state index contributed by atoms with van der Waals surface area (Å²) in [6.07, 6.45) is 4.90. The molecule has 0 radical (unpaired) electrons. The highest BCUT2D eigenvalue weighted by molar-refractivity contribution is 5.24.